The summed E-state index contributed by atoms with van der Waals surface area (Å²) in [7, 11) is -1.02. The largest absolute Gasteiger partial charge is 0.416 e. The van der Waals surface area contributed by atoms with E-state index in [1.54, 1.807) is 0 Å². The van der Waals surface area contributed by atoms with Gasteiger partial charge >= 0.3 is 6.18 Å². The zero-order chi connectivity index (χ0) is 21.4. The van der Waals surface area contributed by atoms with Gasteiger partial charge in [-0.05, 0) is 42.5 Å². The predicted molar refractivity (Wildman–Crippen MR) is 102 cm³/mol. The van der Waals surface area contributed by atoms with E-state index >= 15 is 0 Å². The number of hydrogen-bond acceptors (Lipinski definition) is 4. The van der Waals surface area contributed by atoms with E-state index in [0.717, 1.165) is 16.4 Å². The van der Waals surface area contributed by atoms with Crippen LogP contribution in [0.1, 0.15) is 15.9 Å². The molecule has 0 spiro atoms. The average molecular weight is 423 g/mol. The summed E-state index contributed by atoms with van der Waals surface area (Å²) in [4.78, 5) is 16.6. The molecule has 0 saturated carbocycles. The van der Waals surface area contributed by atoms with Crippen molar-refractivity contribution in [3.63, 3.8) is 0 Å². The van der Waals surface area contributed by atoms with E-state index in [9.17, 15) is 26.4 Å². The lowest BCUT2D eigenvalue weighted by molar-refractivity contribution is -0.137. The fraction of sp³-hybridized carbons (Fsp3) is 0.158. The Kier molecular flexibility index (Phi) is 5.33. The second-order valence-electron chi connectivity index (χ2n) is 6.36. The first kappa shape index (κ1) is 20.7. The molecule has 0 saturated heterocycles. The Balaban J connectivity index is 1.99. The van der Waals surface area contributed by atoms with Gasteiger partial charge in [0, 0.05) is 31.2 Å². The van der Waals surface area contributed by atoms with E-state index in [1.807, 2.05) is 0 Å². The number of amides is 1. The van der Waals surface area contributed by atoms with Crippen LogP contribution in [0.4, 0.5) is 18.9 Å². The molecule has 1 amide bonds. The number of nitrogens with one attached hydrogen (secondary N) is 1. The van der Waals surface area contributed by atoms with E-state index in [4.69, 9.17) is 0 Å². The molecule has 0 atom stereocenters. The molecule has 0 aliphatic heterocycles. The molecule has 1 aromatic heterocycles. The van der Waals surface area contributed by atoms with Gasteiger partial charge in [-0.25, -0.2) is 12.7 Å². The topological polar surface area (TPSA) is 79.4 Å². The molecule has 0 aliphatic rings. The lowest BCUT2D eigenvalue weighted by atomic mass is 10.1. The number of halogens is 3. The van der Waals surface area contributed by atoms with Gasteiger partial charge in [-0.3, -0.25) is 9.78 Å². The Morgan fingerprint density at radius 1 is 1.07 bits per heavy atom. The maximum atomic E-state index is 13.0. The van der Waals surface area contributed by atoms with Crippen molar-refractivity contribution in [3.05, 3.63) is 65.9 Å². The number of sulfonamides is 1. The number of nitrogens with zero attached hydrogens (tertiary/aromatic N) is 2. The molecule has 1 N–H and O–H groups in total. The van der Waals surface area contributed by atoms with Gasteiger partial charge in [0.1, 0.15) is 0 Å². The molecule has 0 unspecified atom stereocenters. The first-order chi connectivity index (χ1) is 13.5. The number of fused-ring (bicyclic) bond motifs is 1. The molecule has 3 aromatic rings. The zero-order valence-electron chi connectivity index (χ0n) is 15.4. The van der Waals surface area contributed by atoms with Gasteiger partial charge < -0.3 is 5.32 Å². The third-order valence-corrected chi connectivity index (χ3v) is 6.00. The van der Waals surface area contributed by atoms with Crippen LogP contribution in [0.25, 0.3) is 10.9 Å². The Labute approximate surface area is 165 Å². The third-order valence-electron chi connectivity index (χ3n) is 4.19. The van der Waals surface area contributed by atoms with Crippen molar-refractivity contribution in [2.75, 3.05) is 19.4 Å². The predicted octanol–water partition coefficient (Wildman–Crippen LogP) is 3.76. The van der Waals surface area contributed by atoms with Crippen LogP contribution >= 0.6 is 0 Å². The van der Waals surface area contributed by atoms with E-state index in [1.165, 1.54) is 56.7 Å². The van der Waals surface area contributed by atoms with Gasteiger partial charge in [0.25, 0.3) is 5.91 Å². The molecule has 0 bridgehead atoms. The fourth-order valence-corrected chi connectivity index (χ4v) is 3.58. The highest BCUT2D eigenvalue weighted by atomic mass is 32.2. The van der Waals surface area contributed by atoms with Crippen LogP contribution in [-0.4, -0.2) is 37.7 Å². The summed E-state index contributed by atoms with van der Waals surface area (Å²) >= 11 is 0. The summed E-state index contributed by atoms with van der Waals surface area (Å²) in [5.41, 5.74) is -0.413. The Morgan fingerprint density at radius 3 is 2.45 bits per heavy atom. The van der Waals surface area contributed by atoms with Gasteiger partial charge in [-0.2, -0.15) is 13.2 Å². The maximum Gasteiger partial charge on any atom is 0.416 e. The van der Waals surface area contributed by atoms with Gasteiger partial charge in [0.2, 0.25) is 10.0 Å². The number of aromatic nitrogens is 1. The smallest absolute Gasteiger partial charge is 0.321 e. The van der Waals surface area contributed by atoms with E-state index in [-0.39, 0.29) is 27.0 Å². The molecule has 2 aromatic carbocycles. The quantitative estimate of drug-likeness (QED) is 0.693. The standard InChI is InChI=1S/C19H16F3N3O3S/c1-25(2)29(27,28)14-5-3-4-12(10-14)18(26)24-17-8-9-23-16-7-6-13(11-15(16)17)19(20,21)22/h3-11H,1-2H3,(H,23,24,26). The Bertz CT molecular complexity index is 1190. The number of alkyl halides is 3. The highest BCUT2D eigenvalue weighted by Gasteiger charge is 2.30. The number of anilines is 1. The Morgan fingerprint density at radius 2 is 1.79 bits per heavy atom. The number of carbonyl (C=O) groups excluding carboxylic acids is 1. The first-order valence-electron chi connectivity index (χ1n) is 8.30. The summed E-state index contributed by atoms with van der Waals surface area (Å²) in [6.07, 6.45) is -3.18. The number of rotatable bonds is 4. The molecule has 29 heavy (non-hydrogen) atoms. The van der Waals surface area contributed by atoms with Crippen molar-refractivity contribution >= 4 is 32.5 Å². The van der Waals surface area contributed by atoms with Gasteiger partial charge in [-0.1, -0.05) is 6.07 Å². The third kappa shape index (κ3) is 4.22. The van der Waals surface area contributed by atoms with Gasteiger partial charge in [-0.15, -0.1) is 0 Å². The summed E-state index contributed by atoms with van der Waals surface area (Å²) in [5.74, 6) is -0.661. The minimum atomic E-state index is -4.54. The van der Waals surface area contributed by atoms with Crippen LogP contribution in [0, 0.1) is 0 Å². The molecule has 0 radical (unpaired) electrons. The number of benzene rings is 2. The molecule has 6 nitrogen and oxygen atoms in total. The second-order valence-corrected chi connectivity index (χ2v) is 8.51. The van der Waals surface area contributed by atoms with Crippen LogP contribution in [0.15, 0.2) is 59.6 Å². The second kappa shape index (κ2) is 7.45. The molecule has 3 rings (SSSR count). The molecule has 0 aliphatic carbocycles. The number of hydrogen-bond donors (Lipinski definition) is 1. The van der Waals surface area contributed by atoms with Crippen LogP contribution in [0.3, 0.4) is 0 Å². The van der Waals surface area contributed by atoms with Gasteiger partial charge in [0.15, 0.2) is 0 Å². The van der Waals surface area contributed by atoms with Crippen molar-refractivity contribution < 1.29 is 26.4 Å². The highest BCUT2D eigenvalue weighted by Crippen LogP contribution is 2.33. The van der Waals surface area contributed by atoms with Crippen molar-refractivity contribution in [2.45, 2.75) is 11.1 Å². The van der Waals surface area contributed by atoms with Crippen molar-refractivity contribution in [3.8, 4) is 0 Å². The minimum Gasteiger partial charge on any atom is -0.321 e. The molecular weight excluding hydrogens is 407 g/mol. The molecule has 1 heterocycles. The number of carbonyl (C=O) groups is 1. The zero-order valence-corrected chi connectivity index (χ0v) is 16.2. The maximum absolute atomic E-state index is 13.0. The van der Waals surface area contributed by atoms with E-state index < -0.39 is 27.7 Å². The highest BCUT2D eigenvalue weighted by molar-refractivity contribution is 7.89. The van der Waals surface area contributed by atoms with Crippen molar-refractivity contribution in [1.82, 2.24) is 9.29 Å². The Hall–Kier alpha value is -2.98. The monoisotopic (exact) mass is 423 g/mol. The van der Waals surface area contributed by atoms with E-state index in [2.05, 4.69) is 10.3 Å². The molecular formula is C19H16F3N3O3S. The molecule has 10 heteroatoms. The van der Waals surface area contributed by atoms with Gasteiger partial charge in [0.05, 0.1) is 21.7 Å². The average Bonchev–Trinajstić information content (AvgIpc) is 2.67. The van der Waals surface area contributed by atoms with Crippen LogP contribution in [0.5, 0.6) is 0 Å². The summed E-state index contributed by atoms with van der Waals surface area (Å²) in [6.45, 7) is 0. The SMILES string of the molecule is CN(C)S(=O)(=O)c1cccc(C(=O)Nc2ccnc3ccc(C(F)(F)F)cc23)c1. The fourth-order valence-electron chi connectivity index (χ4n) is 2.63. The molecule has 152 valence electrons. The lowest BCUT2D eigenvalue weighted by Crippen LogP contribution is -2.22. The van der Waals surface area contributed by atoms with Crippen LogP contribution in [-0.2, 0) is 16.2 Å². The van der Waals surface area contributed by atoms with E-state index in [0.29, 0.717) is 0 Å². The number of pyridine rings is 1. The molecule has 0 fully saturated rings. The van der Waals surface area contributed by atoms with Crippen molar-refractivity contribution in [2.24, 2.45) is 0 Å². The van der Waals surface area contributed by atoms with Crippen LogP contribution < -0.4 is 5.32 Å². The first-order valence-corrected chi connectivity index (χ1v) is 9.74. The lowest BCUT2D eigenvalue weighted by Gasteiger charge is -2.13. The summed E-state index contributed by atoms with van der Waals surface area (Å²) in [6, 6.07) is 9.80. The normalized spacial score (nSPS) is 12.3. The van der Waals surface area contributed by atoms with Crippen molar-refractivity contribution in [1.29, 1.82) is 0 Å². The summed E-state index contributed by atoms with van der Waals surface area (Å²) in [5, 5.41) is 2.65. The minimum absolute atomic E-state index is 0.0462. The summed E-state index contributed by atoms with van der Waals surface area (Å²) < 4.78 is 64.6. The van der Waals surface area contributed by atoms with Crippen LogP contribution in [0.2, 0.25) is 0 Å².